The molecule has 0 aliphatic heterocycles. The maximum Gasteiger partial charge on any atom is 0.0546 e. The molecule has 2 heteroatoms. The summed E-state index contributed by atoms with van der Waals surface area (Å²) in [5.41, 5.74) is 14.6. The lowest BCUT2D eigenvalue weighted by Crippen LogP contribution is -2.33. The maximum absolute atomic E-state index is 2.58. The fourth-order valence-electron chi connectivity index (χ4n) is 10.3. The summed E-state index contributed by atoms with van der Waals surface area (Å²) >= 11 is 0. The lowest BCUT2D eigenvalue weighted by Gasteiger charge is -2.42. The third kappa shape index (κ3) is 6.91. The molecule has 11 rings (SSSR count). The predicted octanol–water partition coefficient (Wildman–Crippen LogP) is 17.8. The first-order valence-electron chi connectivity index (χ1n) is 22.7. The minimum Gasteiger partial charge on any atom is -0.310 e. The highest BCUT2D eigenvalue weighted by Gasteiger charge is 2.38. The molecular formula is C62H52N2. The number of hydrogen-bond donors (Lipinski definition) is 0. The summed E-state index contributed by atoms with van der Waals surface area (Å²) in [6.07, 6.45) is 2.30. The molecule has 310 valence electrons. The molecule has 0 aromatic heterocycles. The van der Waals surface area contributed by atoms with Crippen LogP contribution in [0.4, 0.5) is 34.1 Å². The van der Waals surface area contributed by atoms with Gasteiger partial charge in [-0.25, -0.2) is 0 Å². The Labute approximate surface area is 377 Å². The fraction of sp³-hybridized carbons (Fsp3) is 0.129. The SMILES string of the molecule is CC1(C)CCC(C)(C)c2cc3c(cc21)c(N(c1ccccc1)c1ccc(-c2ccccc2)cc1)cc1c2ccccc2c(N(c2ccccc2)c2ccc(-c4ccccc4)cc2)cc31. The molecule has 0 heterocycles. The Morgan fingerprint density at radius 1 is 0.281 bits per heavy atom. The first kappa shape index (κ1) is 39.4. The van der Waals surface area contributed by atoms with Crippen LogP contribution >= 0.6 is 0 Å². The Morgan fingerprint density at radius 2 is 0.594 bits per heavy atom. The van der Waals surface area contributed by atoms with Crippen LogP contribution in [0, 0.1) is 0 Å². The minimum atomic E-state index is 0.0318. The highest BCUT2D eigenvalue weighted by molar-refractivity contribution is 6.25. The summed E-state index contributed by atoms with van der Waals surface area (Å²) in [6, 6.07) is 80.4. The van der Waals surface area contributed by atoms with Crippen molar-refractivity contribution in [1.82, 2.24) is 0 Å². The van der Waals surface area contributed by atoms with Gasteiger partial charge < -0.3 is 9.80 Å². The molecule has 0 N–H and O–H groups in total. The van der Waals surface area contributed by atoms with Crippen LogP contribution in [-0.4, -0.2) is 0 Å². The molecular weight excluding hydrogens is 773 g/mol. The van der Waals surface area contributed by atoms with Crippen molar-refractivity contribution in [3.8, 4) is 22.3 Å². The van der Waals surface area contributed by atoms with Crippen molar-refractivity contribution in [3.05, 3.63) is 230 Å². The van der Waals surface area contributed by atoms with Crippen molar-refractivity contribution in [3.63, 3.8) is 0 Å². The number of hydrogen-bond acceptors (Lipinski definition) is 2. The third-order valence-corrected chi connectivity index (χ3v) is 13.9. The van der Waals surface area contributed by atoms with Crippen molar-refractivity contribution in [1.29, 1.82) is 0 Å². The fourth-order valence-corrected chi connectivity index (χ4v) is 10.3. The first-order chi connectivity index (χ1) is 31.2. The van der Waals surface area contributed by atoms with Crippen molar-refractivity contribution in [2.75, 3.05) is 9.80 Å². The van der Waals surface area contributed by atoms with Crippen molar-refractivity contribution < 1.29 is 0 Å². The molecule has 0 bridgehead atoms. The summed E-state index contributed by atoms with van der Waals surface area (Å²) in [7, 11) is 0. The number of anilines is 6. The van der Waals surface area contributed by atoms with Gasteiger partial charge in [-0.05, 0) is 151 Å². The van der Waals surface area contributed by atoms with Gasteiger partial charge in [0.05, 0.1) is 11.4 Å². The highest BCUT2D eigenvalue weighted by atomic mass is 15.2. The second kappa shape index (κ2) is 15.7. The van der Waals surface area contributed by atoms with Gasteiger partial charge in [0.25, 0.3) is 0 Å². The van der Waals surface area contributed by atoms with Gasteiger partial charge in [0.2, 0.25) is 0 Å². The third-order valence-electron chi connectivity index (χ3n) is 13.9. The van der Waals surface area contributed by atoms with E-state index >= 15 is 0 Å². The van der Waals surface area contributed by atoms with Gasteiger partial charge in [0.1, 0.15) is 0 Å². The molecule has 0 fully saturated rings. The van der Waals surface area contributed by atoms with Gasteiger partial charge in [-0.2, -0.15) is 0 Å². The largest absolute Gasteiger partial charge is 0.310 e. The Bertz CT molecular complexity index is 3280. The van der Waals surface area contributed by atoms with E-state index in [1.165, 1.54) is 71.4 Å². The molecule has 0 unspecified atom stereocenters. The van der Waals surface area contributed by atoms with Crippen molar-refractivity contribution in [2.24, 2.45) is 0 Å². The molecule has 1 aliphatic rings. The average Bonchev–Trinajstić information content (AvgIpc) is 3.35. The smallest absolute Gasteiger partial charge is 0.0546 e. The molecule has 10 aromatic carbocycles. The van der Waals surface area contributed by atoms with E-state index in [0.29, 0.717) is 0 Å². The lowest BCUT2D eigenvalue weighted by atomic mass is 9.62. The van der Waals surface area contributed by atoms with Crippen LogP contribution in [0.5, 0.6) is 0 Å². The van der Waals surface area contributed by atoms with E-state index in [9.17, 15) is 0 Å². The number of para-hydroxylation sites is 2. The summed E-state index contributed by atoms with van der Waals surface area (Å²) < 4.78 is 0. The standard InChI is InChI=1S/C62H52N2/c1-61(2)37-38-62(3,4)58-40-56-53(39-57(58)61)55-42-59(63(47-23-13-7-14-24-47)49-33-29-45(30-34-49)43-19-9-5-10-20-43)52-28-18-17-27-51(52)54(55)41-60(56)64(48-25-15-8-16-26-48)50-35-31-46(32-36-50)44-21-11-6-12-22-44/h5-36,39-42H,37-38H2,1-4H3. The molecule has 0 atom stereocenters. The molecule has 0 spiro atoms. The molecule has 0 radical (unpaired) electrons. The van der Waals surface area contributed by atoms with E-state index in [4.69, 9.17) is 0 Å². The second-order valence-electron chi connectivity index (χ2n) is 18.8. The average molecular weight is 825 g/mol. The molecule has 1 aliphatic carbocycles. The highest BCUT2D eigenvalue weighted by Crippen LogP contribution is 2.52. The maximum atomic E-state index is 2.58. The molecule has 0 amide bonds. The first-order valence-corrected chi connectivity index (χ1v) is 22.7. The Balaban J connectivity index is 1.21. The number of benzene rings is 10. The van der Waals surface area contributed by atoms with Crippen LogP contribution in [0.1, 0.15) is 51.7 Å². The molecule has 10 aromatic rings. The quantitative estimate of drug-likeness (QED) is 0.141. The Hall–Kier alpha value is -7.42. The summed E-state index contributed by atoms with van der Waals surface area (Å²) in [6.45, 7) is 9.77. The van der Waals surface area contributed by atoms with Gasteiger partial charge in [-0.15, -0.1) is 0 Å². The van der Waals surface area contributed by atoms with E-state index in [2.05, 4.69) is 256 Å². The Kier molecular flexibility index (Phi) is 9.69. The van der Waals surface area contributed by atoms with Crippen LogP contribution in [-0.2, 0) is 10.8 Å². The van der Waals surface area contributed by atoms with E-state index in [1.54, 1.807) is 0 Å². The molecule has 0 saturated heterocycles. The predicted molar refractivity (Wildman–Crippen MR) is 274 cm³/mol. The summed E-state index contributed by atoms with van der Waals surface area (Å²) in [5.74, 6) is 0. The second-order valence-corrected chi connectivity index (χ2v) is 18.8. The van der Waals surface area contributed by atoms with Gasteiger partial charge in [-0.3, -0.25) is 0 Å². The molecule has 2 nitrogen and oxygen atoms in total. The number of rotatable bonds is 8. The zero-order valence-corrected chi connectivity index (χ0v) is 37.1. The Morgan fingerprint density at radius 3 is 1.05 bits per heavy atom. The van der Waals surface area contributed by atoms with E-state index in [1.807, 2.05) is 0 Å². The van der Waals surface area contributed by atoms with Crippen molar-refractivity contribution in [2.45, 2.75) is 51.4 Å². The summed E-state index contributed by atoms with van der Waals surface area (Å²) in [5, 5.41) is 7.46. The van der Waals surface area contributed by atoms with Crippen molar-refractivity contribution >= 4 is 66.4 Å². The number of nitrogens with zero attached hydrogens (tertiary/aromatic N) is 2. The van der Waals surface area contributed by atoms with Gasteiger partial charge in [0, 0.05) is 33.5 Å². The zero-order chi connectivity index (χ0) is 43.4. The lowest BCUT2D eigenvalue weighted by molar-refractivity contribution is 0.332. The van der Waals surface area contributed by atoms with Crippen LogP contribution < -0.4 is 9.80 Å². The van der Waals surface area contributed by atoms with Gasteiger partial charge in [0.15, 0.2) is 0 Å². The van der Waals surface area contributed by atoms with E-state index in [0.717, 1.165) is 41.3 Å². The molecule has 0 saturated carbocycles. The van der Waals surface area contributed by atoms with Crippen LogP contribution in [0.15, 0.2) is 218 Å². The molecule has 64 heavy (non-hydrogen) atoms. The normalized spacial score (nSPS) is 14.1. The monoisotopic (exact) mass is 824 g/mol. The number of fused-ring (bicyclic) bond motifs is 6. The van der Waals surface area contributed by atoms with E-state index in [-0.39, 0.29) is 10.8 Å². The van der Waals surface area contributed by atoms with E-state index < -0.39 is 0 Å². The minimum absolute atomic E-state index is 0.0318. The zero-order valence-electron chi connectivity index (χ0n) is 37.1. The van der Waals surface area contributed by atoms with Crippen LogP contribution in [0.25, 0.3) is 54.6 Å². The van der Waals surface area contributed by atoms with Gasteiger partial charge in [-0.1, -0.05) is 173 Å². The van der Waals surface area contributed by atoms with Gasteiger partial charge >= 0.3 is 0 Å². The van der Waals surface area contributed by atoms with Crippen LogP contribution in [0.2, 0.25) is 0 Å². The topological polar surface area (TPSA) is 6.48 Å². The summed E-state index contributed by atoms with van der Waals surface area (Å²) in [4.78, 5) is 4.93. The van der Waals surface area contributed by atoms with Crippen LogP contribution in [0.3, 0.4) is 0 Å².